The van der Waals surface area contributed by atoms with Crippen LogP contribution in [0.25, 0.3) is 6.08 Å². The van der Waals surface area contributed by atoms with Crippen LogP contribution in [0.1, 0.15) is 36.3 Å². The summed E-state index contributed by atoms with van der Waals surface area (Å²) in [5.74, 6) is 1.53. The Morgan fingerprint density at radius 1 is 1.09 bits per heavy atom. The van der Waals surface area contributed by atoms with E-state index in [1.165, 1.54) is 5.56 Å². The normalized spacial score (nSPS) is 20.1. The number of hydrogen-bond donors (Lipinski definition) is 0. The average molecular weight is 292 g/mol. The van der Waals surface area contributed by atoms with E-state index in [-0.39, 0.29) is 5.78 Å². The van der Waals surface area contributed by atoms with Gasteiger partial charge >= 0.3 is 0 Å². The summed E-state index contributed by atoms with van der Waals surface area (Å²) >= 11 is 0. The summed E-state index contributed by atoms with van der Waals surface area (Å²) in [6, 6.07) is 18.3. The highest BCUT2D eigenvalue weighted by molar-refractivity contribution is 6.00. The molecule has 0 saturated heterocycles. The molecule has 2 aromatic carbocycles. The van der Waals surface area contributed by atoms with Crippen LogP contribution in [-0.4, -0.2) is 12.9 Å². The third kappa shape index (κ3) is 3.28. The van der Waals surface area contributed by atoms with Crippen molar-refractivity contribution in [3.8, 4) is 5.75 Å². The van der Waals surface area contributed by atoms with E-state index in [9.17, 15) is 4.79 Å². The van der Waals surface area contributed by atoms with Crippen molar-refractivity contribution in [2.45, 2.75) is 25.2 Å². The second-order valence-corrected chi connectivity index (χ2v) is 5.72. The first kappa shape index (κ1) is 14.6. The first-order valence-electron chi connectivity index (χ1n) is 7.69. The fourth-order valence-corrected chi connectivity index (χ4v) is 3.03. The van der Waals surface area contributed by atoms with Crippen LogP contribution >= 0.6 is 0 Å². The molecule has 0 spiro atoms. The van der Waals surface area contributed by atoms with E-state index >= 15 is 0 Å². The standard InChI is InChI=1S/C20H20O2/c1-22-19-9-5-6-15(13-19)12-18-14-17(10-11-20(18)21)16-7-3-2-4-8-16/h2-9,12-13,17H,10-11,14H2,1H3/b18-12-. The van der Waals surface area contributed by atoms with Gasteiger partial charge in [0.15, 0.2) is 5.78 Å². The van der Waals surface area contributed by atoms with Crippen molar-refractivity contribution in [3.05, 3.63) is 71.3 Å². The van der Waals surface area contributed by atoms with Crippen LogP contribution in [0.3, 0.4) is 0 Å². The summed E-state index contributed by atoms with van der Waals surface area (Å²) in [6.07, 6.45) is 4.41. The van der Waals surface area contributed by atoms with Gasteiger partial charge in [-0.15, -0.1) is 0 Å². The van der Waals surface area contributed by atoms with Crippen molar-refractivity contribution in [2.75, 3.05) is 7.11 Å². The van der Waals surface area contributed by atoms with Gasteiger partial charge in [-0.2, -0.15) is 0 Å². The first-order valence-corrected chi connectivity index (χ1v) is 7.69. The van der Waals surface area contributed by atoms with Crippen LogP contribution in [-0.2, 0) is 4.79 Å². The third-order valence-corrected chi connectivity index (χ3v) is 4.25. The van der Waals surface area contributed by atoms with Crippen molar-refractivity contribution in [2.24, 2.45) is 0 Å². The Balaban J connectivity index is 1.85. The van der Waals surface area contributed by atoms with Gasteiger partial charge in [0.25, 0.3) is 0 Å². The topological polar surface area (TPSA) is 26.3 Å². The molecule has 112 valence electrons. The van der Waals surface area contributed by atoms with Gasteiger partial charge in [-0.05, 0) is 53.7 Å². The molecule has 0 aromatic heterocycles. The summed E-state index contributed by atoms with van der Waals surface area (Å²) in [6.45, 7) is 0. The minimum absolute atomic E-state index is 0.273. The molecule has 0 amide bonds. The minimum atomic E-state index is 0.273. The fourth-order valence-electron chi connectivity index (χ4n) is 3.03. The monoisotopic (exact) mass is 292 g/mol. The van der Waals surface area contributed by atoms with Gasteiger partial charge in [-0.1, -0.05) is 42.5 Å². The lowest BCUT2D eigenvalue weighted by atomic mass is 9.80. The van der Waals surface area contributed by atoms with E-state index in [2.05, 4.69) is 24.3 Å². The number of Topliss-reactive ketones (excluding diaryl/α,β-unsaturated/α-hetero) is 1. The van der Waals surface area contributed by atoms with E-state index in [1.807, 2.05) is 36.4 Å². The molecule has 0 radical (unpaired) electrons. The zero-order chi connectivity index (χ0) is 15.4. The highest BCUT2D eigenvalue weighted by Crippen LogP contribution is 2.35. The van der Waals surface area contributed by atoms with Gasteiger partial charge in [-0.25, -0.2) is 0 Å². The van der Waals surface area contributed by atoms with Crippen LogP contribution in [0, 0.1) is 0 Å². The molecule has 1 saturated carbocycles. The molecular formula is C20H20O2. The molecule has 1 aliphatic rings. The summed E-state index contributed by atoms with van der Waals surface area (Å²) in [5, 5.41) is 0. The summed E-state index contributed by atoms with van der Waals surface area (Å²) in [7, 11) is 1.66. The molecule has 1 fully saturated rings. The number of ether oxygens (including phenoxy) is 1. The molecule has 1 aliphatic carbocycles. The third-order valence-electron chi connectivity index (χ3n) is 4.25. The number of carbonyl (C=O) groups is 1. The second kappa shape index (κ2) is 6.61. The number of benzene rings is 2. The molecule has 22 heavy (non-hydrogen) atoms. The van der Waals surface area contributed by atoms with Gasteiger partial charge in [0.2, 0.25) is 0 Å². The van der Waals surface area contributed by atoms with Crippen molar-refractivity contribution < 1.29 is 9.53 Å². The highest BCUT2D eigenvalue weighted by atomic mass is 16.5. The van der Waals surface area contributed by atoms with E-state index in [1.54, 1.807) is 7.11 Å². The van der Waals surface area contributed by atoms with Gasteiger partial charge in [0.1, 0.15) is 5.75 Å². The molecular weight excluding hydrogens is 272 g/mol. The Bertz CT molecular complexity index is 686. The molecule has 0 heterocycles. The van der Waals surface area contributed by atoms with Gasteiger partial charge < -0.3 is 4.74 Å². The number of carbonyl (C=O) groups excluding carboxylic acids is 1. The first-order chi connectivity index (χ1) is 10.8. The van der Waals surface area contributed by atoms with Gasteiger partial charge in [0.05, 0.1) is 7.11 Å². The Labute approximate surface area is 131 Å². The maximum Gasteiger partial charge on any atom is 0.158 e. The average Bonchev–Trinajstić information content (AvgIpc) is 2.58. The van der Waals surface area contributed by atoms with Gasteiger partial charge in [-0.3, -0.25) is 4.79 Å². The maximum absolute atomic E-state index is 12.2. The summed E-state index contributed by atoms with van der Waals surface area (Å²) in [4.78, 5) is 12.2. The van der Waals surface area contributed by atoms with Crippen LogP contribution < -0.4 is 4.74 Å². The van der Waals surface area contributed by atoms with E-state index in [4.69, 9.17) is 4.74 Å². The number of ketones is 1. The quantitative estimate of drug-likeness (QED) is 0.772. The van der Waals surface area contributed by atoms with Crippen molar-refractivity contribution >= 4 is 11.9 Å². The van der Waals surface area contributed by atoms with Crippen LogP contribution in [0.5, 0.6) is 5.75 Å². The molecule has 0 aliphatic heterocycles. The summed E-state index contributed by atoms with van der Waals surface area (Å²) in [5.41, 5.74) is 3.27. The Hall–Kier alpha value is -2.35. The SMILES string of the molecule is COc1cccc(/C=C2/CC(c3ccccc3)CCC2=O)c1. The largest absolute Gasteiger partial charge is 0.497 e. The Morgan fingerprint density at radius 2 is 1.91 bits per heavy atom. The zero-order valence-corrected chi connectivity index (χ0v) is 12.8. The fraction of sp³-hybridized carbons (Fsp3) is 0.250. The number of allylic oxidation sites excluding steroid dienone is 1. The number of hydrogen-bond acceptors (Lipinski definition) is 2. The molecule has 3 rings (SSSR count). The smallest absolute Gasteiger partial charge is 0.158 e. The minimum Gasteiger partial charge on any atom is -0.497 e. The summed E-state index contributed by atoms with van der Waals surface area (Å²) < 4.78 is 5.25. The maximum atomic E-state index is 12.2. The van der Waals surface area contributed by atoms with Crippen LogP contribution in [0.4, 0.5) is 0 Å². The second-order valence-electron chi connectivity index (χ2n) is 5.72. The lowest BCUT2D eigenvalue weighted by molar-refractivity contribution is -0.116. The van der Waals surface area contributed by atoms with E-state index in [0.717, 1.165) is 29.7 Å². The molecule has 2 heteroatoms. The Morgan fingerprint density at radius 3 is 2.68 bits per heavy atom. The van der Waals surface area contributed by atoms with E-state index in [0.29, 0.717) is 12.3 Å². The van der Waals surface area contributed by atoms with E-state index < -0.39 is 0 Å². The Kier molecular flexibility index (Phi) is 4.38. The van der Waals surface area contributed by atoms with Crippen molar-refractivity contribution in [1.29, 1.82) is 0 Å². The van der Waals surface area contributed by atoms with Crippen LogP contribution in [0.15, 0.2) is 60.2 Å². The molecule has 1 atom stereocenters. The van der Waals surface area contributed by atoms with Crippen LogP contribution in [0.2, 0.25) is 0 Å². The zero-order valence-electron chi connectivity index (χ0n) is 12.8. The lowest BCUT2D eigenvalue weighted by Crippen LogP contribution is -2.15. The lowest BCUT2D eigenvalue weighted by Gasteiger charge is -2.23. The molecule has 0 N–H and O–H groups in total. The highest BCUT2D eigenvalue weighted by Gasteiger charge is 2.24. The number of rotatable bonds is 3. The molecule has 1 unspecified atom stereocenters. The number of methoxy groups -OCH3 is 1. The molecule has 2 aromatic rings. The predicted octanol–water partition coefficient (Wildman–Crippen LogP) is 4.62. The molecule has 2 nitrogen and oxygen atoms in total. The van der Waals surface area contributed by atoms with Crippen molar-refractivity contribution in [3.63, 3.8) is 0 Å². The predicted molar refractivity (Wildman–Crippen MR) is 89.0 cm³/mol. The molecule has 0 bridgehead atoms. The van der Waals surface area contributed by atoms with Gasteiger partial charge in [0, 0.05) is 6.42 Å². The van der Waals surface area contributed by atoms with Crippen molar-refractivity contribution in [1.82, 2.24) is 0 Å².